The molecule has 1 amide bonds. The Bertz CT molecular complexity index is 1050. The Kier molecular flexibility index (Phi) is 9.03. The minimum atomic E-state index is -0.774. The van der Waals surface area contributed by atoms with Crippen LogP contribution in [-0.2, 0) is 6.42 Å². The minimum Gasteiger partial charge on any atom is -0.489 e. The van der Waals surface area contributed by atoms with Crippen molar-refractivity contribution >= 4 is 17.5 Å². The maximum absolute atomic E-state index is 11.5. The number of ether oxygens (including phenoxy) is 2. The lowest BCUT2D eigenvalue weighted by Crippen LogP contribution is -2.41. The van der Waals surface area contributed by atoms with Gasteiger partial charge in [0.1, 0.15) is 29.8 Å². The number of amides is 1. The highest BCUT2D eigenvalue weighted by atomic mass is 35.5. The monoisotopic (exact) mass is 471 g/mol. The van der Waals surface area contributed by atoms with Crippen molar-refractivity contribution in [2.75, 3.05) is 19.8 Å². The van der Waals surface area contributed by atoms with Gasteiger partial charge in [-0.05, 0) is 48.4 Å². The third-order valence-electron chi connectivity index (χ3n) is 4.79. The Hall–Kier alpha value is -3.17. The highest BCUT2D eigenvalue weighted by molar-refractivity contribution is 6.32. The molecule has 0 saturated carbocycles. The number of aromatic nitrogens is 1. The Morgan fingerprint density at radius 2 is 1.88 bits per heavy atom. The fourth-order valence-electron chi connectivity index (χ4n) is 3.06. The van der Waals surface area contributed by atoms with E-state index in [-0.39, 0.29) is 37.2 Å². The summed E-state index contributed by atoms with van der Waals surface area (Å²) >= 11 is 6.04. The SMILES string of the molecule is NC(=O)c1cccnc1Oc1ccc(CC(CO)NCC(O)COc2ccccc2Cl)cc1. The average Bonchev–Trinajstić information content (AvgIpc) is 2.82. The van der Waals surface area contributed by atoms with Crippen molar-refractivity contribution in [2.45, 2.75) is 18.6 Å². The Morgan fingerprint density at radius 1 is 1.12 bits per heavy atom. The lowest BCUT2D eigenvalue weighted by atomic mass is 10.1. The van der Waals surface area contributed by atoms with E-state index in [0.29, 0.717) is 22.9 Å². The summed E-state index contributed by atoms with van der Waals surface area (Å²) in [6.45, 7) is 0.209. The van der Waals surface area contributed by atoms with Crippen LogP contribution in [0.1, 0.15) is 15.9 Å². The number of hydrogen-bond acceptors (Lipinski definition) is 7. The number of aliphatic hydroxyl groups is 2. The zero-order chi connectivity index (χ0) is 23.6. The standard InChI is InChI=1S/C24H26ClN3O5/c25-21-5-1-2-6-22(21)32-15-18(30)13-28-17(14-29)12-16-7-9-19(10-8-16)33-24-20(23(26)31)4-3-11-27-24/h1-11,17-18,28-30H,12-15H2,(H2,26,31). The molecule has 0 fully saturated rings. The molecule has 0 saturated heterocycles. The molecule has 8 nitrogen and oxygen atoms in total. The third-order valence-corrected chi connectivity index (χ3v) is 5.10. The summed E-state index contributed by atoms with van der Waals surface area (Å²) in [7, 11) is 0. The van der Waals surface area contributed by atoms with Crippen LogP contribution < -0.4 is 20.5 Å². The van der Waals surface area contributed by atoms with E-state index in [4.69, 9.17) is 26.8 Å². The Morgan fingerprint density at radius 3 is 2.58 bits per heavy atom. The zero-order valence-corrected chi connectivity index (χ0v) is 18.6. The van der Waals surface area contributed by atoms with Gasteiger partial charge in [-0.15, -0.1) is 0 Å². The molecule has 0 bridgehead atoms. The molecule has 0 spiro atoms. The van der Waals surface area contributed by atoms with Crippen LogP contribution in [-0.4, -0.2) is 53.0 Å². The highest BCUT2D eigenvalue weighted by Crippen LogP contribution is 2.24. The van der Waals surface area contributed by atoms with Gasteiger partial charge < -0.3 is 30.7 Å². The van der Waals surface area contributed by atoms with Gasteiger partial charge in [0.25, 0.3) is 5.91 Å². The van der Waals surface area contributed by atoms with E-state index in [1.54, 1.807) is 48.5 Å². The molecule has 1 heterocycles. The van der Waals surface area contributed by atoms with E-state index in [0.717, 1.165) is 5.56 Å². The van der Waals surface area contributed by atoms with Crippen LogP contribution in [0.2, 0.25) is 5.02 Å². The zero-order valence-electron chi connectivity index (χ0n) is 17.9. The summed E-state index contributed by atoms with van der Waals surface area (Å²) in [5.74, 6) is 0.528. The minimum absolute atomic E-state index is 0.0712. The van der Waals surface area contributed by atoms with Crippen LogP contribution in [0.3, 0.4) is 0 Å². The smallest absolute Gasteiger partial charge is 0.254 e. The van der Waals surface area contributed by atoms with Crippen molar-refractivity contribution < 1.29 is 24.5 Å². The van der Waals surface area contributed by atoms with Gasteiger partial charge in [-0.3, -0.25) is 4.79 Å². The van der Waals surface area contributed by atoms with Crippen molar-refractivity contribution in [3.8, 4) is 17.4 Å². The molecular weight excluding hydrogens is 446 g/mol. The molecule has 3 aromatic rings. The number of pyridine rings is 1. The topological polar surface area (TPSA) is 127 Å². The molecule has 2 unspecified atom stereocenters. The molecule has 3 rings (SSSR count). The normalized spacial score (nSPS) is 12.7. The van der Waals surface area contributed by atoms with Gasteiger partial charge in [-0.2, -0.15) is 0 Å². The number of nitrogens with one attached hydrogen (secondary N) is 1. The number of carbonyl (C=O) groups excluding carboxylic acids is 1. The van der Waals surface area contributed by atoms with Crippen molar-refractivity contribution in [3.05, 3.63) is 83.0 Å². The van der Waals surface area contributed by atoms with Crippen molar-refractivity contribution in [3.63, 3.8) is 0 Å². The summed E-state index contributed by atoms with van der Waals surface area (Å²) < 4.78 is 11.2. The molecule has 33 heavy (non-hydrogen) atoms. The number of benzene rings is 2. The second kappa shape index (κ2) is 12.2. The first-order chi connectivity index (χ1) is 16.0. The molecule has 0 radical (unpaired) electrons. The molecule has 2 atom stereocenters. The first kappa shape index (κ1) is 24.5. The van der Waals surface area contributed by atoms with Gasteiger partial charge >= 0.3 is 0 Å². The lowest BCUT2D eigenvalue weighted by Gasteiger charge is -2.19. The van der Waals surface area contributed by atoms with Crippen LogP contribution in [0.5, 0.6) is 17.4 Å². The number of halogens is 1. The molecule has 174 valence electrons. The second-order valence-corrected chi connectivity index (χ2v) is 7.76. The maximum atomic E-state index is 11.5. The van der Waals surface area contributed by atoms with Crippen LogP contribution >= 0.6 is 11.6 Å². The van der Waals surface area contributed by atoms with E-state index < -0.39 is 12.0 Å². The molecular formula is C24H26ClN3O5. The number of primary amides is 1. The predicted molar refractivity (Wildman–Crippen MR) is 125 cm³/mol. The number of nitrogens with two attached hydrogens (primary N) is 1. The number of para-hydroxylation sites is 1. The van der Waals surface area contributed by atoms with E-state index in [2.05, 4.69) is 10.3 Å². The van der Waals surface area contributed by atoms with Gasteiger partial charge in [0.05, 0.1) is 11.6 Å². The fourth-order valence-corrected chi connectivity index (χ4v) is 3.25. The number of rotatable bonds is 12. The summed E-state index contributed by atoms with van der Waals surface area (Å²) in [5, 5.41) is 23.5. The summed E-state index contributed by atoms with van der Waals surface area (Å²) in [6, 6.07) is 17.1. The molecule has 2 aromatic carbocycles. The van der Waals surface area contributed by atoms with Crippen LogP contribution in [0, 0.1) is 0 Å². The van der Waals surface area contributed by atoms with Crippen LogP contribution in [0.15, 0.2) is 66.9 Å². The largest absolute Gasteiger partial charge is 0.489 e. The van der Waals surface area contributed by atoms with E-state index >= 15 is 0 Å². The highest BCUT2D eigenvalue weighted by Gasteiger charge is 2.14. The molecule has 0 aliphatic carbocycles. The number of hydrogen-bond donors (Lipinski definition) is 4. The van der Waals surface area contributed by atoms with Gasteiger partial charge in [-0.25, -0.2) is 4.98 Å². The van der Waals surface area contributed by atoms with Crippen molar-refractivity contribution in [1.29, 1.82) is 0 Å². The van der Waals surface area contributed by atoms with Gasteiger partial charge in [0.15, 0.2) is 0 Å². The predicted octanol–water partition coefficient (Wildman–Crippen LogP) is 2.56. The summed E-state index contributed by atoms with van der Waals surface area (Å²) in [6.07, 6.45) is 1.27. The maximum Gasteiger partial charge on any atom is 0.254 e. The van der Waals surface area contributed by atoms with Crippen LogP contribution in [0.25, 0.3) is 0 Å². The molecule has 0 aliphatic heterocycles. The molecule has 9 heteroatoms. The molecule has 0 aliphatic rings. The molecule has 1 aromatic heterocycles. The summed E-state index contributed by atoms with van der Waals surface area (Å²) in [4.78, 5) is 15.6. The number of nitrogens with zero attached hydrogens (tertiary/aromatic N) is 1. The summed E-state index contributed by atoms with van der Waals surface area (Å²) in [5.41, 5.74) is 6.49. The Labute approximate surface area is 196 Å². The van der Waals surface area contributed by atoms with Crippen molar-refractivity contribution in [1.82, 2.24) is 10.3 Å². The van der Waals surface area contributed by atoms with E-state index in [1.165, 1.54) is 6.20 Å². The number of aliphatic hydroxyl groups excluding tert-OH is 2. The first-order valence-electron chi connectivity index (χ1n) is 10.4. The Balaban J connectivity index is 1.49. The quantitative estimate of drug-likeness (QED) is 0.319. The first-order valence-corrected chi connectivity index (χ1v) is 10.7. The fraction of sp³-hybridized carbons (Fsp3) is 0.250. The van der Waals surface area contributed by atoms with Crippen LogP contribution in [0.4, 0.5) is 0 Å². The van der Waals surface area contributed by atoms with Gasteiger partial charge in [0.2, 0.25) is 5.88 Å². The lowest BCUT2D eigenvalue weighted by molar-refractivity contribution is 0.0995. The van der Waals surface area contributed by atoms with Crippen molar-refractivity contribution in [2.24, 2.45) is 5.73 Å². The van der Waals surface area contributed by atoms with E-state index in [1.807, 2.05) is 12.1 Å². The number of carbonyl (C=O) groups is 1. The van der Waals surface area contributed by atoms with Gasteiger partial charge in [0, 0.05) is 18.8 Å². The van der Waals surface area contributed by atoms with E-state index in [9.17, 15) is 15.0 Å². The second-order valence-electron chi connectivity index (χ2n) is 7.35. The third kappa shape index (κ3) is 7.44. The molecule has 5 N–H and O–H groups in total. The van der Waals surface area contributed by atoms with Gasteiger partial charge in [-0.1, -0.05) is 35.9 Å². The average molecular weight is 472 g/mol.